The molecule has 5 heteroatoms. The topological polar surface area (TPSA) is 52.6 Å². The fourth-order valence-electron chi connectivity index (χ4n) is 1.86. The van der Waals surface area contributed by atoms with E-state index in [1.54, 1.807) is 13.8 Å². The van der Waals surface area contributed by atoms with Crippen LogP contribution in [0.4, 0.5) is 0 Å². The molecule has 0 aromatic heterocycles. The van der Waals surface area contributed by atoms with E-state index in [9.17, 15) is 9.59 Å². The Morgan fingerprint density at radius 3 is 2.12 bits per heavy atom. The van der Waals surface area contributed by atoms with Crippen molar-refractivity contribution in [2.75, 3.05) is 0 Å². The molecule has 0 saturated heterocycles. The second-order valence-electron chi connectivity index (χ2n) is 6.11. The normalized spacial score (nSPS) is 13.5. The van der Waals surface area contributed by atoms with E-state index in [1.807, 2.05) is 0 Å². The third-order valence-electron chi connectivity index (χ3n) is 3.13. The van der Waals surface area contributed by atoms with E-state index in [4.69, 9.17) is 26.6 Å². The zero-order valence-electron chi connectivity index (χ0n) is 18.4. The van der Waals surface area contributed by atoms with Crippen molar-refractivity contribution in [3.05, 3.63) is 64.6 Å². The number of ether oxygens (including phenoxy) is 2. The van der Waals surface area contributed by atoms with Crippen molar-refractivity contribution < 1.29 is 24.5 Å². The predicted octanol–water partition coefficient (Wildman–Crippen LogP) is 4.68. The van der Waals surface area contributed by atoms with Gasteiger partial charge in [0.2, 0.25) is 0 Å². The number of hydrogen-bond donors (Lipinski definition) is 0. The third kappa shape index (κ3) is 5.07. The van der Waals surface area contributed by atoms with Crippen molar-refractivity contribution >= 4 is 23.4 Å². The van der Waals surface area contributed by atoms with E-state index < -0.39 is 58.9 Å². The number of ketones is 1. The summed E-state index contributed by atoms with van der Waals surface area (Å²) in [6.07, 6.45) is -0.394. The summed E-state index contributed by atoms with van der Waals surface area (Å²) in [6.45, 7) is 6.13. The fourth-order valence-corrected chi connectivity index (χ4v) is 1.99. The first kappa shape index (κ1) is 13.9. The Balaban J connectivity index is 2.50. The molecule has 0 aliphatic heterocycles. The van der Waals surface area contributed by atoms with Gasteiger partial charge in [-0.2, -0.15) is 0 Å². The molecular weight excluding hydrogens is 340 g/mol. The molecule has 0 unspecified atom stereocenters. The monoisotopic (exact) mass is 364 g/mol. The number of hydrogen-bond acceptors (Lipinski definition) is 4. The first-order valence-corrected chi connectivity index (χ1v) is 8.05. The molecule has 0 spiro atoms. The number of esters is 1. The zero-order chi connectivity index (χ0) is 22.1. The van der Waals surface area contributed by atoms with Crippen molar-refractivity contribution in [3.63, 3.8) is 0 Å². The van der Waals surface area contributed by atoms with E-state index in [-0.39, 0.29) is 5.56 Å². The maximum atomic E-state index is 12.8. The van der Waals surface area contributed by atoms with Crippen molar-refractivity contribution in [3.8, 4) is 5.75 Å². The van der Waals surface area contributed by atoms with Crippen molar-refractivity contribution in [1.29, 1.82) is 0 Å². The van der Waals surface area contributed by atoms with Gasteiger partial charge in [0, 0.05) is 16.1 Å². The summed E-state index contributed by atoms with van der Waals surface area (Å²) in [5.74, 6) is -1.83. The molecule has 2 rings (SSSR count). The molecule has 0 fully saturated rings. The smallest absolute Gasteiger partial charge is 0.350 e. The number of rotatable bonds is 6. The summed E-state index contributed by atoms with van der Waals surface area (Å²) in [4.78, 5) is 25.0. The van der Waals surface area contributed by atoms with Crippen LogP contribution in [0.25, 0.3) is 0 Å². The third-order valence-corrected chi connectivity index (χ3v) is 3.38. The molecule has 132 valence electrons. The maximum absolute atomic E-state index is 12.8. The molecule has 0 amide bonds. The molecule has 2 aromatic carbocycles. The second kappa shape index (κ2) is 7.70. The average Bonchev–Trinajstić information content (AvgIpc) is 2.63. The van der Waals surface area contributed by atoms with Gasteiger partial charge in [0.25, 0.3) is 0 Å². The summed E-state index contributed by atoms with van der Waals surface area (Å²) < 4.78 is 43.4. The van der Waals surface area contributed by atoms with E-state index in [0.29, 0.717) is 5.02 Å². The Hall–Kier alpha value is -2.33. The van der Waals surface area contributed by atoms with Gasteiger partial charge in [0.05, 0.1) is 11.6 Å². The van der Waals surface area contributed by atoms with Gasteiger partial charge in [-0.05, 0) is 76.1 Å². The Morgan fingerprint density at radius 2 is 1.60 bits per heavy atom. The van der Waals surface area contributed by atoms with Crippen LogP contribution in [0, 0.1) is 0 Å². The molecule has 0 radical (unpaired) electrons. The molecule has 0 N–H and O–H groups in total. The minimum atomic E-state index is -1.56. The van der Waals surface area contributed by atoms with E-state index >= 15 is 0 Å². The Morgan fingerprint density at radius 1 is 1.04 bits per heavy atom. The average molecular weight is 365 g/mol. The van der Waals surface area contributed by atoms with Gasteiger partial charge in [0.1, 0.15) is 5.75 Å². The van der Waals surface area contributed by atoms with Gasteiger partial charge in [0.15, 0.2) is 11.4 Å². The Kier molecular flexibility index (Phi) is 4.28. The molecule has 4 nitrogen and oxygen atoms in total. The van der Waals surface area contributed by atoms with Gasteiger partial charge in [-0.1, -0.05) is 11.6 Å². The molecule has 0 saturated carbocycles. The van der Waals surface area contributed by atoms with E-state index in [1.165, 1.54) is 38.1 Å². The lowest BCUT2D eigenvalue weighted by molar-refractivity contribution is -0.163. The summed E-state index contributed by atoms with van der Waals surface area (Å²) in [5, 5.41) is 0.417. The van der Waals surface area contributed by atoms with E-state index in [0.717, 1.165) is 0 Å². The standard InChI is InChI=1S/C20H21ClO4/c1-13(2)24-19(23)20(3,4)25-17-11-7-15(8-12-17)18(22)14-5-9-16(21)10-6-14/h5-13H,1-4H3/i7D,8D,11D,12D. The first-order valence-electron chi connectivity index (χ1n) is 9.67. The lowest BCUT2D eigenvalue weighted by Crippen LogP contribution is -2.40. The Bertz CT molecular complexity index is 927. The largest absolute Gasteiger partial charge is 0.476 e. The quantitative estimate of drug-likeness (QED) is 0.551. The predicted molar refractivity (Wildman–Crippen MR) is 97.3 cm³/mol. The van der Waals surface area contributed by atoms with Crippen molar-refractivity contribution in [1.82, 2.24) is 0 Å². The second-order valence-corrected chi connectivity index (χ2v) is 6.54. The molecule has 0 heterocycles. The van der Waals surface area contributed by atoms with E-state index in [2.05, 4.69) is 0 Å². The molecule has 0 aliphatic carbocycles. The van der Waals surface area contributed by atoms with Gasteiger partial charge in [-0.3, -0.25) is 4.79 Å². The van der Waals surface area contributed by atoms with Crippen LogP contribution in [0.15, 0.2) is 48.4 Å². The van der Waals surface area contributed by atoms with Gasteiger partial charge >= 0.3 is 5.97 Å². The Labute approximate surface area is 158 Å². The highest BCUT2D eigenvalue weighted by atomic mass is 35.5. The number of carbonyl (C=O) groups is 2. The molecular formula is C20H21ClO4. The van der Waals surface area contributed by atoms with Crippen LogP contribution in [0.5, 0.6) is 5.75 Å². The van der Waals surface area contributed by atoms with Gasteiger partial charge < -0.3 is 9.47 Å². The van der Waals surface area contributed by atoms with Crippen LogP contribution in [0.3, 0.4) is 0 Å². The minimum absolute atomic E-state index is 0.171. The number of halogens is 1. The van der Waals surface area contributed by atoms with Crippen molar-refractivity contribution in [2.45, 2.75) is 39.4 Å². The molecule has 0 bridgehead atoms. The summed E-state index contributed by atoms with van der Waals surface area (Å²) in [7, 11) is 0. The van der Waals surface area contributed by atoms with Crippen LogP contribution in [-0.4, -0.2) is 23.5 Å². The fraction of sp³-hybridized carbons (Fsp3) is 0.300. The van der Waals surface area contributed by atoms with Crippen LogP contribution in [0.1, 0.15) is 49.1 Å². The minimum Gasteiger partial charge on any atom is -0.476 e. The first-order chi connectivity index (χ1) is 13.4. The highest BCUT2D eigenvalue weighted by molar-refractivity contribution is 6.30. The number of benzene rings is 2. The highest BCUT2D eigenvalue weighted by Gasteiger charge is 2.32. The zero-order valence-corrected chi connectivity index (χ0v) is 15.2. The SMILES string of the molecule is [2H]c1c([2H])c(C(=O)c2ccc(Cl)cc2)c([2H])c([2H])c1OC(C)(C)C(=O)OC(C)C. The molecule has 0 aliphatic rings. The van der Waals surface area contributed by atoms with Crippen molar-refractivity contribution in [2.24, 2.45) is 0 Å². The van der Waals surface area contributed by atoms with Crippen LogP contribution >= 0.6 is 11.6 Å². The summed E-state index contributed by atoms with van der Waals surface area (Å²) >= 11 is 5.81. The van der Waals surface area contributed by atoms with Crippen LogP contribution in [-0.2, 0) is 9.53 Å². The van der Waals surface area contributed by atoms with Gasteiger partial charge in [-0.15, -0.1) is 0 Å². The molecule has 2 aromatic rings. The van der Waals surface area contributed by atoms with Gasteiger partial charge in [-0.25, -0.2) is 4.79 Å². The maximum Gasteiger partial charge on any atom is 0.350 e. The molecule has 0 atom stereocenters. The lowest BCUT2D eigenvalue weighted by atomic mass is 10.0. The number of carbonyl (C=O) groups excluding carboxylic acids is 2. The summed E-state index contributed by atoms with van der Waals surface area (Å²) in [5.41, 5.74) is -1.78. The lowest BCUT2D eigenvalue weighted by Gasteiger charge is -2.25. The highest BCUT2D eigenvalue weighted by Crippen LogP contribution is 2.22. The van der Waals surface area contributed by atoms with Crippen LogP contribution in [0.2, 0.25) is 5.02 Å². The van der Waals surface area contributed by atoms with Crippen LogP contribution < -0.4 is 4.74 Å². The summed E-state index contributed by atoms with van der Waals surface area (Å²) in [6, 6.07) is 3.61. The molecule has 25 heavy (non-hydrogen) atoms.